The Morgan fingerprint density at radius 3 is 2.00 bits per heavy atom. The Balaban J connectivity index is 1.24. The summed E-state index contributed by atoms with van der Waals surface area (Å²) < 4.78 is 5.25. The van der Waals surface area contributed by atoms with Crippen LogP contribution in [0.25, 0.3) is 11.4 Å². The first-order valence-corrected chi connectivity index (χ1v) is 12.6. The lowest BCUT2D eigenvalue weighted by molar-refractivity contribution is 0.0606. The van der Waals surface area contributed by atoms with Crippen LogP contribution in [0.15, 0.2) is 84.9 Å². The minimum Gasteiger partial charge on any atom is -0.497 e. The Labute approximate surface area is 213 Å². The van der Waals surface area contributed by atoms with Crippen LogP contribution in [0.4, 0.5) is 0 Å². The van der Waals surface area contributed by atoms with E-state index in [9.17, 15) is 5.11 Å². The quantitative estimate of drug-likeness (QED) is 0.377. The molecule has 6 heteroatoms. The number of imidazole rings is 1. The highest BCUT2D eigenvalue weighted by Crippen LogP contribution is 2.30. The molecule has 6 nitrogen and oxygen atoms in total. The monoisotopic (exact) mass is 482 g/mol. The average Bonchev–Trinajstić information content (AvgIpc) is 3.33. The van der Waals surface area contributed by atoms with Crippen molar-refractivity contribution in [2.75, 3.05) is 39.8 Å². The summed E-state index contributed by atoms with van der Waals surface area (Å²) in [4.78, 5) is 13.0. The summed E-state index contributed by atoms with van der Waals surface area (Å²) in [5.74, 6) is 1.57. The van der Waals surface area contributed by atoms with E-state index in [4.69, 9.17) is 9.72 Å². The zero-order valence-corrected chi connectivity index (χ0v) is 21.0. The first-order chi connectivity index (χ1) is 17.6. The van der Waals surface area contributed by atoms with Crippen molar-refractivity contribution in [2.24, 2.45) is 0 Å². The van der Waals surface area contributed by atoms with Gasteiger partial charge in [-0.05, 0) is 42.3 Å². The third-order valence-electron chi connectivity index (χ3n) is 7.04. The second kappa shape index (κ2) is 11.1. The van der Waals surface area contributed by atoms with Crippen LogP contribution in [0.1, 0.15) is 34.7 Å². The van der Waals surface area contributed by atoms with Gasteiger partial charge in [0.25, 0.3) is 0 Å². The molecule has 0 bridgehead atoms. The molecule has 2 N–H and O–H groups in total. The van der Waals surface area contributed by atoms with E-state index in [1.54, 1.807) is 7.11 Å². The summed E-state index contributed by atoms with van der Waals surface area (Å²) in [6, 6.07) is 29.5. The maximum atomic E-state index is 11.1. The number of β-amino-alcohol motifs (C(OH)–C–C–N with tert-alkyl or cyclic N) is 1. The normalized spacial score (nSPS) is 15.8. The molecule has 0 spiro atoms. The van der Waals surface area contributed by atoms with Crippen molar-refractivity contribution in [1.29, 1.82) is 0 Å². The number of aromatic amines is 1. The molecule has 1 atom stereocenters. The number of H-pyrrole nitrogens is 1. The van der Waals surface area contributed by atoms with Crippen molar-refractivity contribution in [3.8, 4) is 17.1 Å². The molecule has 0 saturated carbocycles. The largest absolute Gasteiger partial charge is 0.497 e. The van der Waals surface area contributed by atoms with Crippen LogP contribution in [0.2, 0.25) is 0 Å². The Bertz CT molecular complexity index is 1190. The highest BCUT2D eigenvalue weighted by molar-refractivity contribution is 5.57. The van der Waals surface area contributed by atoms with Gasteiger partial charge in [0, 0.05) is 44.0 Å². The number of hydrogen-bond acceptors (Lipinski definition) is 5. The van der Waals surface area contributed by atoms with E-state index in [-0.39, 0.29) is 6.04 Å². The van der Waals surface area contributed by atoms with Crippen molar-refractivity contribution >= 4 is 0 Å². The molecule has 1 saturated heterocycles. The highest BCUT2D eigenvalue weighted by atomic mass is 16.5. The number of aryl methyl sites for hydroxylation is 1. The van der Waals surface area contributed by atoms with Gasteiger partial charge in [-0.15, -0.1) is 0 Å². The second-order valence-corrected chi connectivity index (χ2v) is 9.40. The first kappa shape index (κ1) is 24.3. The van der Waals surface area contributed by atoms with Crippen LogP contribution >= 0.6 is 0 Å². The standard InChI is InChI=1S/C30H34N4O2/c1-22-28(32-30(31-22)25-13-15-26(36-2)16-14-25)27(35)21-33-17-19-34(20-18-33)29(23-9-5-3-6-10-23)24-11-7-4-8-12-24/h3-16,27,29,35H,17-21H2,1-2H3,(H,31,32). The number of nitrogens with zero attached hydrogens (tertiary/aromatic N) is 3. The number of benzene rings is 3. The molecule has 0 aliphatic carbocycles. The number of nitrogens with one attached hydrogen (secondary N) is 1. The van der Waals surface area contributed by atoms with E-state index in [1.165, 1.54) is 11.1 Å². The number of rotatable bonds is 8. The van der Waals surface area contributed by atoms with Gasteiger partial charge >= 0.3 is 0 Å². The van der Waals surface area contributed by atoms with Crippen molar-refractivity contribution in [3.63, 3.8) is 0 Å². The second-order valence-electron chi connectivity index (χ2n) is 9.40. The molecule has 1 fully saturated rings. The molecule has 1 aliphatic rings. The summed E-state index contributed by atoms with van der Waals surface area (Å²) in [6.07, 6.45) is -0.640. The van der Waals surface area contributed by atoms with Gasteiger partial charge in [-0.2, -0.15) is 0 Å². The van der Waals surface area contributed by atoms with Crippen molar-refractivity contribution in [1.82, 2.24) is 19.8 Å². The zero-order chi connectivity index (χ0) is 24.9. The topological polar surface area (TPSA) is 64.6 Å². The molecular formula is C30H34N4O2. The van der Waals surface area contributed by atoms with E-state index in [0.717, 1.165) is 54.7 Å². The van der Waals surface area contributed by atoms with Gasteiger partial charge < -0.3 is 14.8 Å². The van der Waals surface area contributed by atoms with E-state index in [1.807, 2.05) is 31.2 Å². The summed E-state index contributed by atoms with van der Waals surface area (Å²) >= 11 is 0. The predicted molar refractivity (Wildman–Crippen MR) is 143 cm³/mol. The van der Waals surface area contributed by atoms with Crippen molar-refractivity contribution < 1.29 is 9.84 Å². The highest BCUT2D eigenvalue weighted by Gasteiger charge is 2.28. The van der Waals surface area contributed by atoms with Crippen LogP contribution in [-0.2, 0) is 0 Å². The maximum Gasteiger partial charge on any atom is 0.137 e. The smallest absolute Gasteiger partial charge is 0.137 e. The third kappa shape index (κ3) is 5.36. The molecule has 3 aromatic carbocycles. The minimum absolute atomic E-state index is 0.236. The van der Waals surface area contributed by atoms with E-state index >= 15 is 0 Å². The van der Waals surface area contributed by atoms with Crippen LogP contribution in [-0.4, -0.2) is 64.7 Å². The molecule has 1 unspecified atom stereocenters. The fourth-order valence-corrected chi connectivity index (χ4v) is 5.10. The molecule has 1 aromatic heterocycles. The molecule has 5 rings (SSSR count). The van der Waals surface area contributed by atoms with Gasteiger partial charge in [0.1, 0.15) is 17.7 Å². The lowest BCUT2D eigenvalue weighted by Crippen LogP contribution is -2.48. The van der Waals surface area contributed by atoms with Gasteiger partial charge in [-0.25, -0.2) is 4.98 Å². The lowest BCUT2D eigenvalue weighted by Gasteiger charge is -2.40. The summed E-state index contributed by atoms with van der Waals surface area (Å²) in [7, 11) is 1.66. The Morgan fingerprint density at radius 1 is 0.861 bits per heavy atom. The number of hydrogen-bond donors (Lipinski definition) is 2. The Morgan fingerprint density at radius 2 is 1.44 bits per heavy atom. The number of aliphatic hydroxyl groups excluding tert-OH is 1. The van der Waals surface area contributed by atoms with Crippen molar-refractivity contribution in [2.45, 2.75) is 19.1 Å². The van der Waals surface area contributed by atoms with Crippen LogP contribution < -0.4 is 4.74 Å². The van der Waals surface area contributed by atoms with Crippen LogP contribution in [0, 0.1) is 6.92 Å². The van der Waals surface area contributed by atoms with E-state index in [0.29, 0.717) is 6.54 Å². The minimum atomic E-state index is -0.640. The lowest BCUT2D eigenvalue weighted by atomic mass is 9.96. The third-order valence-corrected chi connectivity index (χ3v) is 7.04. The number of methoxy groups -OCH3 is 1. The predicted octanol–water partition coefficient (Wildman–Crippen LogP) is 4.83. The summed E-state index contributed by atoms with van der Waals surface area (Å²) in [5, 5.41) is 11.1. The number of aliphatic hydroxyl groups is 1. The van der Waals surface area contributed by atoms with Gasteiger partial charge in [0.15, 0.2) is 0 Å². The van der Waals surface area contributed by atoms with Crippen molar-refractivity contribution in [3.05, 3.63) is 107 Å². The Hall–Kier alpha value is -3.45. The molecule has 0 amide bonds. The number of ether oxygens (including phenoxy) is 1. The molecule has 0 radical (unpaired) electrons. The molecule has 186 valence electrons. The average molecular weight is 483 g/mol. The first-order valence-electron chi connectivity index (χ1n) is 12.6. The van der Waals surface area contributed by atoms with Crippen LogP contribution in [0.5, 0.6) is 5.75 Å². The number of aromatic nitrogens is 2. The van der Waals surface area contributed by atoms with Gasteiger partial charge in [-0.1, -0.05) is 60.7 Å². The Kier molecular flexibility index (Phi) is 7.47. The molecule has 2 heterocycles. The fraction of sp³-hybridized carbons (Fsp3) is 0.300. The maximum absolute atomic E-state index is 11.1. The fourth-order valence-electron chi connectivity index (χ4n) is 5.10. The summed E-state index contributed by atoms with van der Waals surface area (Å²) in [5.41, 5.74) is 5.22. The van der Waals surface area contributed by atoms with E-state index in [2.05, 4.69) is 75.4 Å². The molecule has 1 aliphatic heterocycles. The molecule has 36 heavy (non-hydrogen) atoms. The van der Waals surface area contributed by atoms with Gasteiger partial charge in [0.05, 0.1) is 18.8 Å². The number of piperazine rings is 1. The van der Waals surface area contributed by atoms with Crippen LogP contribution in [0.3, 0.4) is 0 Å². The van der Waals surface area contributed by atoms with Gasteiger partial charge in [-0.3, -0.25) is 9.80 Å². The zero-order valence-electron chi connectivity index (χ0n) is 21.0. The van der Waals surface area contributed by atoms with Gasteiger partial charge in [0.2, 0.25) is 0 Å². The molecule has 4 aromatic rings. The summed E-state index contributed by atoms with van der Waals surface area (Å²) in [6.45, 7) is 6.24. The molecular weight excluding hydrogens is 448 g/mol. The SMILES string of the molecule is COc1ccc(-c2nc(C(O)CN3CCN(C(c4ccccc4)c4ccccc4)CC3)c(C)[nH]2)cc1. The van der Waals surface area contributed by atoms with E-state index < -0.39 is 6.10 Å².